The van der Waals surface area contributed by atoms with Crippen molar-refractivity contribution in [3.8, 4) is 17.2 Å². The molecule has 3 aromatic rings. The van der Waals surface area contributed by atoms with Crippen molar-refractivity contribution in [3.63, 3.8) is 0 Å². The van der Waals surface area contributed by atoms with E-state index in [1.54, 1.807) is 43.5 Å². The maximum absolute atomic E-state index is 11.6. The van der Waals surface area contributed by atoms with Gasteiger partial charge in [0, 0.05) is 23.3 Å². The van der Waals surface area contributed by atoms with E-state index in [2.05, 4.69) is 10.3 Å². The fourth-order valence-electron chi connectivity index (χ4n) is 2.78. The van der Waals surface area contributed by atoms with E-state index in [4.69, 9.17) is 14.2 Å². The Balaban J connectivity index is 1.86. The van der Waals surface area contributed by atoms with Crippen LogP contribution in [0.1, 0.15) is 10.4 Å². The van der Waals surface area contributed by atoms with E-state index in [9.17, 15) is 9.90 Å². The highest BCUT2D eigenvalue weighted by Crippen LogP contribution is 2.37. The highest BCUT2D eigenvalue weighted by molar-refractivity contribution is 6.06. The molecule has 2 heterocycles. The molecule has 126 valence electrons. The first-order valence-electron chi connectivity index (χ1n) is 7.53. The molecule has 1 aromatic heterocycles. The number of carbonyl (C=O) groups is 1. The molecular weight excluding hydrogens is 324 g/mol. The molecule has 0 spiro atoms. The zero-order chi connectivity index (χ0) is 17.4. The molecule has 0 fully saturated rings. The number of methoxy groups -OCH3 is 1. The molecule has 2 N–H and O–H groups in total. The zero-order valence-corrected chi connectivity index (χ0v) is 13.3. The van der Waals surface area contributed by atoms with Crippen LogP contribution in [-0.4, -0.2) is 30.0 Å². The number of aromatic nitrogens is 1. The number of rotatable bonds is 4. The molecule has 0 unspecified atom stereocenters. The van der Waals surface area contributed by atoms with Crippen LogP contribution in [0.4, 0.5) is 11.4 Å². The first-order chi connectivity index (χ1) is 12.2. The van der Waals surface area contributed by atoms with E-state index in [-0.39, 0.29) is 12.4 Å². The van der Waals surface area contributed by atoms with Crippen LogP contribution in [0.5, 0.6) is 17.2 Å². The van der Waals surface area contributed by atoms with Gasteiger partial charge in [0.2, 0.25) is 6.79 Å². The lowest BCUT2D eigenvalue weighted by molar-refractivity contribution is 0.0697. The van der Waals surface area contributed by atoms with E-state index in [0.29, 0.717) is 39.5 Å². The standard InChI is InChI=1S/C18H14N2O5/c1-23-14-4-2-3-11-16(12(18(21)22)8-19-17(11)14)20-10-5-6-13-15(7-10)25-9-24-13/h2-8H,9H2,1H3,(H,19,20)(H,21,22). The molecule has 0 saturated carbocycles. The van der Waals surface area contributed by atoms with Gasteiger partial charge in [0.1, 0.15) is 16.8 Å². The molecule has 7 nitrogen and oxygen atoms in total. The number of carboxylic acids is 1. The molecule has 0 saturated heterocycles. The first kappa shape index (κ1) is 15.1. The van der Waals surface area contributed by atoms with Gasteiger partial charge in [0.25, 0.3) is 0 Å². The summed E-state index contributed by atoms with van der Waals surface area (Å²) in [6.07, 6.45) is 1.32. The van der Waals surface area contributed by atoms with Crippen molar-refractivity contribution in [3.05, 3.63) is 48.2 Å². The lowest BCUT2D eigenvalue weighted by Crippen LogP contribution is -2.05. The number of aromatic carboxylic acids is 1. The molecule has 0 aliphatic carbocycles. The topological polar surface area (TPSA) is 89.9 Å². The van der Waals surface area contributed by atoms with Gasteiger partial charge in [-0.15, -0.1) is 0 Å². The molecule has 1 aliphatic heterocycles. The second-order valence-electron chi connectivity index (χ2n) is 5.40. The van der Waals surface area contributed by atoms with Crippen molar-refractivity contribution < 1.29 is 24.1 Å². The first-order valence-corrected chi connectivity index (χ1v) is 7.53. The number of hydrogen-bond donors (Lipinski definition) is 2. The van der Waals surface area contributed by atoms with Crippen molar-refractivity contribution in [2.24, 2.45) is 0 Å². The van der Waals surface area contributed by atoms with Crippen LogP contribution < -0.4 is 19.5 Å². The van der Waals surface area contributed by atoms with Gasteiger partial charge in [-0.1, -0.05) is 12.1 Å². The van der Waals surface area contributed by atoms with Crippen LogP contribution in [-0.2, 0) is 0 Å². The minimum Gasteiger partial charge on any atom is -0.494 e. The number of ether oxygens (including phenoxy) is 3. The Labute approximate surface area is 142 Å². The predicted octanol–water partition coefficient (Wildman–Crippen LogP) is 3.41. The van der Waals surface area contributed by atoms with Crippen molar-refractivity contribution in [1.82, 2.24) is 4.98 Å². The Morgan fingerprint density at radius 2 is 2.08 bits per heavy atom. The summed E-state index contributed by atoms with van der Waals surface area (Å²) in [7, 11) is 1.55. The van der Waals surface area contributed by atoms with Crippen molar-refractivity contribution in [2.45, 2.75) is 0 Å². The van der Waals surface area contributed by atoms with Crippen LogP contribution in [0.25, 0.3) is 10.9 Å². The predicted molar refractivity (Wildman–Crippen MR) is 91.1 cm³/mol. The minimum atomic E-state index is -1.07. The van der Waals surface area contributed by atoms with Crippen LogP contribution in [0, 0.1) is 0 Å². The smallest absolute Gasteiger partial charge is 0.339 e. The molecule has 25 heavy (non-hydrogen) atoms. The van der Waals surface area contributed by atoms with Gasteiger partial charge >= 0.3 is 5.97 Å². The maximum Gasteiger partial charge on any atom is 0.339 e. The summed E-state index contributed by atoms with van der Waals surface area (Å²) in [5, 5.41) is 13.3. The number of pyridine rings is 1. The van der Waals surface area contributed by atoms with Gasteiger partial charge in [-0.3, -0.25) is 4.98 Å². The highest BCUT2D eigenvalue weighted by Gasteiger charge is 2.18. The Morgan fingerprint density at radius 3 is 2.88 bits per heavy atom. The van der Waals surface area contributed by atoms with Gasteiger partial charge < -0.3 is 24.6 Å². The quantitative estimate of drug-likeness (QED) is 0.753. The Morgan fingerprint density at radius 1 is 1.24 bits per heavy atom. The van der Waals surface area contributed by atoms with Gasteiger partial charge in [0.05, 0.1) is 12.8 Å². The molecule has 2 aromatic carbocycles. The van der Waals surface area contributed by atoms with E-state index in [0.717, 1.165) is 0 Å². The summed E-state index contributed by atoms with van der Waals surface area (Å²) in [5.74, 6) is 0.770. The number of benzene rings is 2. The highest BCUT2D eigenvalue weighted by atomic mass is 16.7. The van der Waals surface area contributed by atoms with E-state index < -0.39 is 5.97 Å². The van der Waals surface area contributed by atoms with Gasteiger partial charge in [-0.25, -0.2) is 4.79 Å². The largest absolute Gasteiger partial charge is 0.494 e. The average Bonchev–Trinajstić information content (AvgIpc) is 3.09. The SMILES string of the molecule is COc1cccc2c(Nc3ccc4c(c3)OCO4)c(C(=O)O)cnc12. The third-order valence-corrected chi connectivity index (χ3v) is 3.95. The Bertz CT molecular complexity index is 987. The molecule has 4 rings (SSSR count). The number of fused-ring (bicyclic) bond motifs is 2. The summed E-state index contributed by atoms with van der Waals surface area (Å²) in [4.78, 5) is 15.9. The molecule has 1 aliphatic rings. The molecule has 7 heteroatoms. The van der Waals surface area contributed by atoms with Crippen LogP contribution >= 0.6 is 0 Å². The van der Waals surface area contributed by atoms with Crippen LogP contribution in [0.3, 0.4) is 0 Å². The average molecular weight is 338 g/mol. The summed E-state index contributed by atoms with van der Waals surface area (Å²) in [6.45, 7) is 0.175. The summed E-state index contributed by atoms with van der Waals surface area (Å²) in [5.41, 5.74) is 1.77. The number of nitrogens with one attached hydrogen (secondary N) is 1. The lowest BCUT2D eigenvalue weighted by Gasteiger charge is -2.14. The number of nitrogens with zero attached hydrogens (tertiary/aromatic N) is 1. The fraction of sp³-hybridized carbons (Fsp3) is 0.111. The fourth-order valence-corrected chi connectivity index (χ4v) is 2.78. The number of hydrogen-bond acceptors (Lipinski definition) is 6. The normalized spacial score (nSPS) is 12.2. The molecule has 0 radical (unpaired) electrons. The third kappa shape index (κ3) is 2.55. The van der Waals surface area contributed by atoms with Crippen molar-refractivity contribution >= 4 is 28.2 Å². The van der Waals surface area contributed by atoms with E-state index in [1.807, 2.05) is 0 Å². The molecule has 0 amide bonds. The second kappa shape index (κ2) is 5.86. The number of carboxylic acid groups (broad SMARTS) is 1. The lowest BCUT2D eigenvalue weighted by atomic mass is 10.1. The molecule has 0 atom stereocenters. The Hall–Kier alpha value is -3.48. The summed E-state index contributed by atoms with van der Waals surface area (Å²) >= 11 is 0. The third-order valence-electron chi connectivity index (χ3n) is 3.95. The van der Waals surface area contributed by atoms with Gasteiger partial charge in [0.15, 0.2) is 11.5 Å². The monoisotopic (exact) mass is 338 g/mol. The number of para-hydroxylation sites is 1. The van der Waals surface area contributed by atoms with E-state index >= 15 is 0 Å². The number of anilines is 2. The minimum absolute atomic E-state index is 0.0680. The van der Waals surface area contributed by atoms with Crippen LogP contribution in [0.15, 0.2) is 42.6 Å². The Kier molecular flexibility index (Phi) is 3.53. The summed E-state index contributed by atoms with van der Waals surface area (Å²) < 4.78 is 16.0. The van der Waals surface area contributed by atoms with Crippen molar-refractivity contribution in [1.29, 1.82) is 0 Å². The summed E-state index contributed by atoms with van der Waals surface area (Å²) in [6, 6.07) is 10.7. The second-order valence-corrected chi connectivity index (χ2v) is 5.40. The van der Waals surface area contributed by atoms with Gasteiger partial charge in [-0.05, 0) is 18.2 Å². The maximum atomic E-state index is 11.6. The van der Waals surface area contributed by atoms with Crippen LogP contribution in [0.2, 0.25) is 0 Å². The van der Waals surface area contributed by atoms with Crippen molar-refractivity contribution in [2.75, 3.05) is 19.2 Å². The van der Waals surface area contributed by atoms with E-state index in [1.165, 1.54) is 6.20 Å². The molecular formula is C18H14N2O5. The molecule has 0 bridgehead atoms. The zero-order valence-electron chi connectivity index (χ0n) is 13.3. The van der Waals surface area contributed by atoms with Gasteiger partial charge in [-0.2, -0.15) is 0 Å².